The molecule has 0 aromatic heterocycles. The molecule has 3 aliphatic rings. The van der Waals surface area contributed by atoms with Crippen molar-refractivity contribution >= 4 is 17.2 Å². The summed E-state index contributed by atoms with van der Waals surface area (Å²) < 4.78 is 0. The number of ketones is 1. The van der Waals surface area contributed by atoms with Crippen molar-refractivity contribution < 1.29 is 4.79 Å². The average Bonchev–Trinajstić information content (AvgIpc) is 2.81. The van der Waals surface area contributed by atoms with Crippen LogP contribution in [0.15, 0.2) is 71.1 Å². The first kappa shape index (κ1) is 15.7. The van der Waals surface area contributed by atoms with Gasteiger partial charge in [-0.25, -0.2) is 0 Å². The Labute approximate surface area is 148 Å². The van der Waals surface area contributed by atoms with Crippen LogP contribution in [0.3, 0.4) is 0 Å². The molecule has 1 aromatic carbocycles. The van der Waals surface area contributed by atoms with E-state index in [2.05, 4.69) is 56.0 Å². The lowest BCUT2D eigenvalue weighted by Gasteiger charge is -2.23. The van der Waals surface area contributed by atoms with Gasteiger partial charge in [0.25, 0.3) is 0 Å². The molecule has 0 saturated heterocycles. The number of aryl methyl sites for hydroxylation is 2. The summed E-state index contributed by atoms with van der Waals surface area (Å²) in [7, 11) is 4.20. The van der Waals surface area contributed by atoms with E-state index in [-0.39, 0.29) is 5.78 Å². The first-order valence-corrected chi connectivity index (χ1v) is 8.59. The van der Waals surface area contributed by atoms with Gasteiger partial charge in [-0.1, -0.05) is 24.3 Å². The van der Waals surface area contributed by atoms with Crippen molar-refractivity contribution in [3.05, 3.63) is 82.3 Å². The highest BCUT2D eigenvalue weighted by molar-refractivity contribution is 6.06. The molecule has 3 nitrogen and oxygen atoms in total. The molecule has 126 valence electrons. The average molecular weight is 330 g/mol. The largest absolute Gasteiger partial charge is 0.329 e. The molecule has 0 spiro atoms. The maximum atomic E-state index is 12.3. The van der Waals surface area contributed by atoms with Gasteiger partial charge in [0.1, 0.15) is 5.82 Å². The Morgan fingerprint density at radius 3 is 2.00 bits per heavy atom. The summed E-state index contributed by atoms with van der Waals surface area (Å²) in [6.45, 7) is 4.29. The Morgan fingerprint density at radius 2 is 1.40 bits per heavy atom. The maximum absolute atomic E-state index is 12.3. The molecule has 4 rings (SSSR count). The first-order chi connectivity index (χ1) is 12.0. The van der Waals surface area contributed by atoms with E-state index in [1.54, 1.807) is 6.08 Å². The number of carbonyl (C=O) groups is 1. The number of fused-ring (bicyclic) bond motifs is 3. The van der Waals surface area contributed by atoms with Crippen molar-refractivity contribution in [1.29, 1.82) is 0 Å². The van der Waals surface area contributed by atoms with E-state index in [1.807, 2.05) is 24.3 Å². The van der Waals surface area contributed by atoms with Crippen LogP contribution in [0.4, 0.5) is 11.4 Å². The summed E-state index contributed by atoms with van der Waals surface area (Å²) in [6.07, 6.45) is 12.4. The smallest absolute Gasteiger partial charge is 0.182 e. The second kappa shape index (κ2) is 5.62. The number of hydrogen-bond acceptors (Lipinski definition) is 3. The summed E-state index contributed by atoms with van der Waals surface area (Å²) in [5.41, 5.74) is 8.13. The highest BCUT2D eigenvalue weighted by atomic mass is 16.1. The molecule has 0 atom stereocenters. The lowest BCUT2D eigenvalue weighted by atomic mass is 9.99. The molecule has 0 amide bonds. The number of anilines is 2. The Morgan fingerprint density at radius 1 is 0.840 bits per heavy atom. The zero-order chi connectivity index (χ0) is 17.7. The molecule has 0 radical (unpaired) electrons. The number of benzene rings is 1. The van der Waals surface area contributed by atoms with Gasteiger partial charge in [0, 0.05) is 31.7 Å². The molecular formula is C22H22N2O. The number of hydrogen-bond donors (Lipinski definition) is 0. The molecule has 25 heavy (non-hydrogen) atoms. The van der Waals surface area contributed by atoms with Crippen LogP contribution in [-0.4, -0.2) is 19.9 Å². The molecule has 1 aromatic rings. The molecule has 0 unspecified atom stereocenters. The number of allylic oxidation sites excluding steroid dienone is 9. The third kappa shape index (κ3) is 2.39. The zero-order valence-corrected chi connectivity index (χ0v) is 15.1. The molecule has 1 aliphatic heterocycles. The van der Waals surface area contributed by atoms with Gasteiger partial charge >= 0.3 is 0 Å². The minimum Gasteiger partial charge on any atom is -0.329 e. The second-order valence-electron chi connectivity index (χ2n) is 6.92. The minimum atomic E-state index is 0.0977. The van der Waals surface area contributed by atoms with Crippen LogP contribution in [0.1, 0.15) is 17.5 Å². The fraction of sp³-hybridized carbons (Fsp3) is 0.227. The van der Waals surface area contributed by atoms with E-state index in [9.17, 15) is 4.79 Å². The molecule has 2 aliphatic carbocycles. The normalized spacial score (nSPS) is 19.0. The van der Waals surface area contributed by atoms with E-state index in [1.165, 1.54) is 28.1 Å². The highest BCUT2D eigenvalue weighted by Gasteiger charge is 2.31. The lowest BCUT2D eigenvalue weighted by Crippen LogP contribution is -2.24. The van der Waals surface area contributed by atoms with Crippen molar-refractivity contribution in [3.8, 4) is 0 Å². The SMILES string of the molecule is Cc1cc2c(cc1C)N(C)C(=C1C=CC(=O)C3=CC=CC=C1C3)N2C. The number of nitrogens with zero attached hydrogens (tertiary/aromatic N) is 2. The fourth-order valence-corrected chi connectivity index (χ4v) is 3.75. The second-order valence-corrected chi connectivity index (χ2v) is 6.92. The van der Waals surface area contributed by atoms with Crippen LogP contribution < -0.4 is 9.80 Å². The Kier molecular flexibility index (Phi) is 3.53. The zero-order valence-electron chi connectivity index (χ0n) is 15.1. The molecule has 1 heterocycles. The molecular weight excluding hydrogens is 308 g/mol. The van der Waals surface area contributed by atoms with E-state index >= 15 is 0 Å². The van der Waals surface area contributed by atoms with E-state index in [4.69, 9.17) is 0 Å². The molecule has 3 heteroatoms. The van der Waals surface area contributed by atoms with Crippen molar-refractivity contribution in [2.75, 3.05) is 23.9 Å². The lowest BCUT2D eigenvalue weighted by molar-refractivity contribution is -0.111. The predicted molar refractivity (Wildman–Crippen MR) is 104 cm³/mol. The monoisotopic (exact) mass is 330 g/mol. The molecule has 0 fully saturated rings. The van der Waals surface area contributed by atoms with E-state index < -0.39 is 0 Å². The molecule has 2 bridgehead atoms. The summed E-state index contributed by atoms with van der Waals surface area (Å²) in [5, 5.41) is 0. The van der Waals surface area contributed by atoms with Gasteiger partial charge in [-0.2, -0.15) is 0 Å². The Hall–Kier alpha value is -2.81. The summed E-state index contributed by atoms with van der Waals surface area (Å²) in [4.78, 5) is 16.8. The fourth-order valence-electron chi connectivity index (χ4n) is 3.75. The van der Waals surface area contributed by atoms with Crippen LogP contribution in [-0.2, 0) is 4.79 Å². The predicted octanol–water partition coefficient (Wildman–Crippen LogP) is 4.35. The van der Waals surface area contributed by atoms with Crippen LogP contribution >= 0.6 is 0 Å². The van der Waals surface area contributed by atoms with Gasteiger partial charge in [-0.05, 0) is 54.8 Å². The van der Waals surface area contributed by atoms with Crippen LogP contribution in [0.5, 0.6) is 0 Å². The topological polar surface area (TPSA) is 23.6 Å². The van der Waals surface area contributed by atoms with Gasteiger partial charge in [-0.15, -0.1) is 0 Å². The number of rotatable bonds is 0. The molecule has 0 saturated carbocycles. The Balaban J connectivity index is 1.92. The van der Waals surface area contributed by atoms with Gasteiger partial charge in [-0.3, -0.25) is 4.79 Å². The van der Waals surface area contributed by atoms with Gasteiger partial charge in [0.05, 0.1) is 11.4 Å². The van der Waals surface area contributed by atoms with E-state index in [0.717, 1.165) is 17.0 Å². The van der Waals surface area contributed by atoms with Crippen molar-refractivity contribution in [2.24, 2.45) is 0 Å². The summed E-state index contributed by atoms with van der Waals surface area (Å²) >= 11 is 0. The quantitative estimate of drug-likeness (QED) is 0.706. The highest BCUT2D eigenvalue weighted by Crippen LogP contribution is 2.44. The Bertz CT molecular complexity index is 904. The summed E-state index contributed by atoms with van der Waals surface area (Å²) in [5.74, 6) is 1.22. The third-order valence-corrected chi connectivity index (χ3v) is 5.34. The van der Waals surface area contributed by atoms with Gasteiger partial charge < -0.3 is 9.80 Å². The van der Waals surface area contributed by atoms with Crippen molar-refractivity contribution in [3.63, 3.8) is 0 Å². The minimum absolute atomic E-state index is 0.0977. The molecule has 0 N–H and O–H groups in total. The van der Waals surface area contributed by atoms with Crippen molar-refractivity contribution in [1.82, 2.24) is 0 Å². The van der Waals surface area contributed by atoms with Crippen LogP contribution in [0, 0.1) is 13.8 Å². The third-order valence-electron chi connectivity index (χ3n) is 5.34. The maximum Gasteiger partial charge on any atom is 0.182 e. The standard InChI is InChI=1S/C22H22N2O/c1-14-11-19-20(12-15(14)2)24(4)22(23(19)3)18-9-10-21(25)17-8-6-5-7-16(18)13-17/h5-12H,13H2,1-4H3. The van der Waals surface area contributed by atoms with Crippen molar-refractivity contribution in [2.45, 2.75) is 20.3 Å². The van der Waals surface area contributed by atoms with Gasteiger partial charge in [0.2, 0.25) is 0 Å². The van der Waals surface area contributed by atoms with Crippen LogP contribution in [0.25, 0.3) is 0 Å². The first-order valence-electron chi connectivity index (χ1n) is 8.59. The van der Waals surface area contributed by atoms with Gasteiger partial charge in [0.15, 0.2) is 5.78 Å². The summed E-state index contributed by atoms with van der Waals surface area (Å²) in [6, 6.07) is 4.49. The number of carbonyl (C=O) groups excluding carboxylic acids is 1. The van der Waals surface area contributed by atoms with E-state index in [0.29, 0.717) is 6.42 Å². The van der Waals surface area contributed by atoms with Crippen LogP contribution in [0.2, 0.25) is 0 Å².